The third kappa shape index (κ3) is 4.37. The SMILES string of the molecule is Cc1ncc(CN2CCCC(CNC(=O)c3cccc4ccccc34)C2)s1. The number of fused-ring (bicyclic) bond motifs is 1. The molecule has 4 rings (SSSR count). The molecule has 1 aliphatic heterocycles. The second-order valence-corrected chi connectivity index (χ2v) is 8.65. The minimum Gasteiger partial charge on any atom is -0.352 e. The Hall–Kier alpha value is -2.24. The molecule has 1 aromatic heterocycles. The van der Waals surface area contributed by atoms with Crippen LogP contribution in [0.25, 0.3) is 10.8 Å². The largest absolute Gasteiger partial charge is 0.352 e. The van der Waals surface area contributed by atoms with Gasteiger partial charge in [0.25, 0.3) is 5.91 Å². The number of hydrogen-bond acceptors (Lipinski definition) is 4. The lowest BCUT2D eigenvalue weighted by molar-refractivity contribution is 0.0932. The Kier molecular flexibility index (Phi) is 5.50. The van der Waals surface area contributed by atoms with Crippen LogP contribution >= 0.6 is 11.3 Å². The lowest BCUT2D eigenvalue weighted by atomic mass is 9.97. The molecule has 2 aromatic carbocycles. The van der Waals surface area contributed by atoms with E-state index in [2.05, 4.69) is 22.1 Å². The Morgan fingerprint density at radius 2 is 2.11 bits per heavy atom. The monoisotopic (exact) mass is 379 g/mol. The van der Waals surface area contributed by atoms with Gasteiger partial charge < -0.3 is 5.32 Å². The van der Waals surface area contributed by atoms with Crippen LogP contribution in [0.15, 0.2) is 48.7 Å². The van der Waals surface area contributed by atoms with E-state index < -0.39 is 0 Å². The number of hydrogen-bond donors (Lipinski definition) is 1. The average Bonchev–Trinajstić information content (AvgIpc) is 3.10. The fourth-order valence-corrected chi connectivity index (χ4v) is 4.75. The zero-order chi connectivity index (χ0) is 18.6. The van der Waals surface area contributed by atoms with Crippen LogP contribution in [0.5, 0.6) is 0 Å². The van der Waals surface area contributed by atoms with E-state index in [0.717, 1.165) is 47.5 Å². The Balaban J connectivity index is 1.35. The summed E-state index contributed by atoms with van der Waals surface area (Å²) in [6.07, 6.45) is 4.35. The zero-order valence-electron chi connectivity index (χ0n) is 15.6. The lowest BCUT2D eigenvalue weighted by Crippen LogP contribution is -2.40. The van der Waals surface area contributed by atoms with Crippen LogP contribution in [0.1, 0.15) is 33.1 Å². The summed E-state index contributed by atoms with van der Waals surface area (Å²) in [7, 11) is 0. The molecule has 0 spiro atoms. The molecule has 5 heteroatoms. The van der Waals surface area contributed by atoms with Gasteiger partial charge in [0, 0.05) is 36.3 Å². The van der Waals surface area contributed by atoms with E-state index in [9.17, 15) is 4.79 Å². The number of likely N-dealkylation sites (tertiary alicyclic amines) is 1. The molecule has 0 radical (unpaired) electrons. The molecule has 1 fully saturated rings. The summed E-state index contributed by atoms with van der Waals surface area (Å²) < 4.78 is 0. The van der Waals surface area contributed by atoms with Crippen molar-refractivity contribution in [3.05, 3.63) is 64.1 Å². The molecule has 3 aromatic rings. The van der Waals surface area contributed by atoms with Gasteiger partial charge in [-0.05, 0) is 49.1 Å². The Morgan fingerprint density at radius 3 is 2.96 bits per heavy atom. The molecule has 0 aliphatic carbocycles. The van der Waals surface area contributed by atoms with Gasteiger partial charge in [0.1, 0.15) is 0 Å². The molecule has 0 bridgehead atoms. The van der Waals surface area contributed by atoms with Crippen LogP contribution < -0.4 is 5.32 Å². The molecule has 4 nitrogen and oxygen atoms in total. The fraction of sp³-hybridized carbons (Fsp3) is 0.364. The Labute approximate surface area is 164 Å². The third-order valence-corrected chi connectivity index (χ3v) is 6.13. The highest BCUT2D eigenvalue weighted by atomic mass is 32.1. The van der Waals surface area contributed by atoms with Crippen LogP contribution in [0.2, 0.25) is 0 Å². The molecule has 0 saturated carbocycles. The number of carbonyl (C=O) groups excluding carboxylic acids is 1. The van der Waals surface area contributed by atoms with Crippen LogP contribution in [0.4, 0.5) is 0 Å². The zero-order valence-corrected chi connectivity index (χ0v) is 16.5. The van der Waals surface area contributed by atoms with Crippen molar-refractivity contribution in [3.8, 4) is 0 Å². The molecular formula is C22H25N3OS. The topological polar surface area (TPSA) is 45.2 Å². The van der Waals surface area contributed by atoms with Crippen LogP contribution in [0, 0.1) is 12.8 Å². The summed E-state index contributed by atoms with van der Waals surface area (Å²) in [6.45, 7) is 5.92. The Morgan fingerprint density at radius 1 is 1.26 bits per heavy atom. The highest BCUT2D eigenvalue weighted by Crippen LogP contribution is 2.22. The predicted molar refractivity (Wildman–Crippen MR) is 111 cm³/mol. The number of aryl methyl sites for hydroxylation is 1. The molecule has 1 N–H and O–H groups in total. The van der Waals surface area contributed by atoms with Gasteiger partial charge in [0.15, 0.2) is 0 Å². The summed E-state index contributed by atoms with van der Waals surface area (Å²) >= 11 is 1.78. The van der Waals surface area contributed by atoms with Gasteiger partial charge in [-0.1, -0.05) is 36.4 Å². The number of nitrogens with one attached hydrogen (secondary N) is 1. The maximum absolute atomic E-state index is 12.7. The fourth-order valence-electron chi connectivity index (χ4n) is 3.92. The number of rotatable bonds is 5. The van der Waals surface area contributed by atoms with Crippen molar-refractivity contribution in [1.82, 2.24) is 15.2 Å². The summed E-state index contributed by atoms with van der Waals surface area (Å²) in [6, 6.07) is 14.0. The lowest BCUT2D eigenvalue weighted by Gasteiger charge is -2.32. The maximum Gasteiger partial charge on any atom is 0.251 e. The highest BCUT2D eigenvalue weighted by molar-refractivity contribution is 7.11. The number of amides is 1. The second kappa shape index (κ2) is 8.19. The number of nitrogens with zero attached hydrogens (tertiary/aromatic N) is 2. The average molecular weight is 380 g/mol. The second-order valence-electron chi connectivity index (χ2n) is 7.33. The molecule has 1 amide bonds. The molecule has 27 heavy (non-hydrogen) atoms. The first kappa shape index (κ1) is 18.1. The van der Waals surface area contributed by atoms with E-state index in [-0.39, 0.29) is 5.91 Å². The molecule has 1 saturated heterocycles. The van der Waals surface area contributed by atoms with Crippen molar-refractivity contribution >= 4 is 28.0 Å². The van der Waals surface area contributed by atoms with Gasteiger partial charge in [-0.3, -0.25) is 9.69 Å². The summed E-state index contributed by atoms with van der Waals surface area (Å²) in [4.78, 5) is 20.9. The number of benzene rings is 2. The van der Waals surface area contributed by atoms with E-state index in [4.69, 9.17) is 0 Å². The van der Waals surface area contributed by atoms with E-state index in [1.54, 1.807) is 11.3 Å². The van der Waals surface area contributed by atoms with Crippen molar-refractivity contribution < 1.29 is 4.79 Å². The number of carbonyl (C=O) groups is 1. The first-order chi connectivity index (χ1) is 13.2. The molecule has 140 valence electrons. The number of aromatic nitrogens is 1. The van der Waals surface area contributed by atoms with Gasteiger partial charge in [0.2, 0.25) is 0 Å². The van der Waals surface area contributed by atoms with Crippen molar-refractivity contribution in [1.29, 1.82) is 0 Å². The van der Waals surface area contributed by atoms with Crippen molar-refractivity contribution in [2.75, 3.05) is 19.6 Å². The van der Waals surface area contributed by atoms with E-state index >= 15 is 0 Å². The number of thiazole rings is 1. The van der Waals surface area contributed by atoms with Gasteiger partial charge in [-0.25, -0.2) is 4.98 Å². The quantitative estimate of drug-likeness (QED) is 0.721. The minimum absolute atomic E-state index is 0.0296. The molecule has 1 atom stereocenters. The predicted octanol–water partition coefficient (Wildman–Crippen LogP) is 4.25. The summed E-state index contributed by atoms with van der Waals surface area (Å²) in [5, 5.41) is 6.42. The maximum atomic E-state index is 12.7. The molecule has 2 heterocycles. The van der Waals surface area contributed by atoms with Gasteiger partial charge in [0.05, 0.1) is 5.01 Å². The van der Waals surface area contributed by atoms with Gasteiger partial charge in [-0.15, -0.1) is 11.3 Å². The molecule has 1 unspecified atom stereocenters. The van der Waals surface area contributed by atoms with Crippen LogP contribution in [-0.2, 0) is 6.54 Å². The molecule has 1 aliphatic rings. The summed E-state index contributed by atoms with van der Waals surface area (Å²) in [5.41, 5.74) is 0.765. The smallest absolute Gasteiger partial charge is 0.251 e. The highest BCUT2D eigenvalue weighted by Gasteiger charge is 2.21. The van der Waals surface area contributed by atoms with Gasteiger partial charge >= 0.3 is 0 Å². The van der Waals surface area contributed by atoms with Crippen molar-refractivity contribution in [2.24, 2.45) is 5.92 Å². The van der Waals surface area contributed by atoms with Crippen LogP contribution in [0.3, 0.4) is 0 Å². The van der Waals surface area contributed by atoms with E-state index in [1.165, 1.54) is 17.7 Å². The first-order valence-electron chi connectivity index (χ1n) is 9.58. The van der Waals surface area contributed by atoms with Crippen LogP contribution in [-0.4, -0.2) is 35.4 Å². The van der Waals surface area contributed by atoms with E-state index in [0.29, 0.717) is 5.92 Å². The number of piperidine rings is 1. The van der Waals surface area contributed by atoms with Crippen molar-refractivity contribution in [2.45, 2.75) is 26.3 Å². The standard InChI is InChI=1S/C22H25N3OS/c1-16-23-13-19(27-16)15-25-11-5-6-17(14-25)12-24-22(26)21-10-4-8-18-7-2-3-9-20(18)21/h2-4,7-10,13,17H,5-6,11-12,14-15H2,1H3,(H,24,26). The molecular weight excluding hydrogens is 354 g/mol. The third-order valence-electron chi connectivity index (χ3n) is 5.24. The summed E-state index contributed by atoms with van der Waals surface area (Å²) in [5.74, 6) is 0.536. The van der Waals surface area contributed by atoms with E-state index in [1.807, 2.05) is 48.7 Å². The normalized spacial score (nSPS) is 17.9. The Bertz CT molecular complexity index is 931. The first-order valence-corrected chi connectivity index (χ1v) is 10.4. The van der Waals surface area contributed by atoms with Crippen molar-refractivity contribution in [3.63, 3.8) is 0 Å². The minimum atomic E-state index is 0.0296. The van der Waals surface area contributed by atoms with Gasteiger partial charge in [-0.2, -0.15) is 0 Å².